The van der Waals surface area contributed by atoms with E-state index in [0.29, 0.717) is 11.6 Å². The first kappa shape index (κ1) is 14.3. The molecule has 1 amide bonds. The number of aryl methyl sites for hydroxylation is 3. The molecule has 0 aliphatic carbocycles. The largest absolute Gasteiger partial charge is 0.450 e. The summed E-state index contributed by atoms with van der Waals surface area (Å²) in [6.07, 6.45) is 1.23. The van der Waals surface area contributed by atoms with Crippen LogP contribution in [0.4, 0.5) is 0 Å². The van der Waals surface area contributed by atoms with E-state index in [1.807, 2.05) is 32.9 Å². The predicted octanol–water partition coefficient (Wildman–Crippen LogP) is 3.23. The van der Waals surface area contributed by atoms with Crippen LogP contribution >= 0.6 is 0 Å². The molecule has 0 aliphatic rings. The first-order valence-electron chi connectivity index (χ1n) is 7.05. The summed E-state index contributed by atoms with van der Waals surface area (Å²) in [6.45, 7) is 7.66. The predicted molar refractivity (Wildman–Crippen MR) is 80.6 cm³/mol. The van der Waals surface area contributed by atoms with E-state index in [2.05, 4.69) is 15.5 Å². The smallest absolute Gasteiger partial charge is 0.287 e. The van der Waals surface area contributed by atoms with Crippen LogP contribution in [0.15, 0.2) is 27.5 Å². The van der Waals surface area contributed by atoms with Crippen molar-refractivity contribution in [2.75, 3.05) is 0 Å². The summed E-state index contributed by atoms with van der Waals surface area (Å²) in [7, 11) is 0. The molecule has 1 unspecified atom stereocenters. The Labute approximate surface area is 127 Å². The van der Waals surface area contributed by atoms with Gasteiger partial charge in [0.15, 0.2) is 11.6 Å². The number of carbonyl (C=O) groups is 1. The number of carbonyl (C=O) groups excluding carboxylic acids is 1. The lowest BCUT2D eigenvalue weighted by atomic mass is 10.0. The Balaban J connectivity index is 1.96. The fraction of sp³-hybridized carbons (Fsp3) is 0.312. The van der Waals surface area contributed by atoms with Crippen molar-refractivity contribution in [1.29, 1.82) is 0 Å². The average molecular weight is 299 g/mol. The molecule has 1 atom stereocenters. The molecule has 6 nitrogen and oxygen atoms in total. The van der Waals surface area contributed by atoms with Crippen molar-refractivity contribution in [2.24, 2.45) is 0 Å². The van der Waals surface area contributed by atoms with Gasteiger partial charge in [0.2, 0.25) is 6.39 Å². The Morgan fingerprint density at radius 1 is 1.23 bits per heavy atom. The lowest BCUT2D eigenvalue weighted by Gasteiger charge is -2.08. The molecule has 0 bridgehead atoms. The van der Waals surface area contributed by atoms with Gasteiger partial charge in [0, 0.05) is 10.9 Å². The van der Waals surface area contributed by atoms with Crippen LogP contribution in [0.5, 0.6) is 0 Å². The van der Waals surface area contributed by atoms with Crippen LogP contribution in [-0.4, -0.2) is 16.0 Å². The Kier molecular flexibility index (Phi) is 3.44. The molecule has 22 heavy (non-hydrogen) atoms. The molecule has 114 valence electrons. The van der Waals surface area contributed by atoms with Crippen LogP contribution in [0.2, 0.25) is 0 Å². The molecule has 0 aliphatic heterocycles. The van der Waals surface area contributed by atoms with Crippen LogP contribution in [0.1, 0.15) is 46.0 Å². The first-order chi connectivity index (χ1) is 10.5. The lowest BCUT2D eigenvalue weighted by molar-refractivity contribution is 0.0911. The number of nitrogens with zero attached hydrogens (tertiary/aromatic N) is 2. The van der Waals surface area contributed by atoms with Gasteiger partial charge in [-0.1, -0.05) is 17.3 Å². The maximum atomic E-state index is 12.5. The molecule has 2 aromatic heterocycles. The Bertz CT molecular complexity index is 834. The molecular weight excluding hydrogens is 282 g/mol. The van der Waals surface area contributed by atoms with E-state index in [1.165, 1.54) is 6.39 Å². The number of amides is 1. The van der Waals surface area contributed by atoms with Crippen molar-refractivity contribution >= 4 is 16.9 Å². The Morgan fingerprint density at radius 2 is 1.95 bits per heavy atom. The molecule has 1 aromatic carbocycles. The Hall–Kier alpha value is -2.63. The third kappa shape index (κ3) is 2.26. The van der Waals surface area contributed by atoms with Crippen molar-refractivity contribution in [3.8, 4) is 0 Å². The second kappa shape index (κ2) is 5.29. The van der Waals surface area contributed by atoms with Crippen molar-refractivity contribution in [3.63, 3.8) is 0 Å². The fourth-order valence-electron chi connectivity index (χ4n) is 2.59. The molecule has 1 N–H and O–H groups in total. The summed E-state index contributed by atoms with van der Waals surface area (Å²) in [6, 6.07) is 3.66. The molecule has 3 aromatic rings. The minimum Gasteiger partial charge on any atom is -0.450 e. The van der Waals surface area contributed by atoms with E-state index in [1.54, 1.807) is 6.92 Å². The zero-order valence-electron chi connectivity index (χ0n) is 12.9. The van der Waals surface area contributed by atoms with E-state index >= 15 is 0 Å². The number of hydrogen-bond acceptors (Lipinski definition) is 5. The molecule has 0 spiro atoms. The van der Waals surface area contributed by atoms with E-state index in [0.717, 1.165) is 27.7 Å². The lowest BCUT2D eigenvalue weighted by Crippen LogP contribution is -2.27. The number of hydrogen-bond donors (Lipinski definition) is 1. The van der Waals surface area contributed by atoms with Crippen LogP contribution in [0, 0.1) is 20.8 Å². The number of benzene rings is 1. The number of furan rings is 1. The van der Waals surface area contributed by atoms with Crippen molar-refractivity contribution in [1.82, 2.24) is 15.5 Å². The van der Waals surface area contributed by atoms with Gasteiger partial charge >= 0.3 is 0 Å². The maximum Gasteiger partial charge on any atom is 0.287 e. The minimum absolute atomic E-state index is 0.287. The number of fused-ring (bicyclic) bond motifs is 1. The van der Waals surface area contributed by atoms with Gasteiger partial charge < -0.3 is 14.3 Å². The van der Waals surface area contributed by atoms with Crippen molar-refractivity contribution < 1.29 is 13.7 Å². The van der Waals surface area contributed by atoms with Gasteiger partial charge in [-0.05, 0) is 38.8 Å². The Morgan fingerprint density at radius 3 is 2.59 bits per heavy atom. The van der Waals surface area contributed by atoms with E-state index in [4.69, 9.17) is 8.94 Å². The van der Waals surface area contributed by atoms with Gasteiger partial charge in [0.1, 0.15) is 5.58 Å². The minimum atomic E-state index is -0.360. The van der Waals surface area contributed by atoms with Gasteiger partial charge in [-0.3, -0.25) is 4.79 Å². The van der Waals surface area contributed by atoms with Gasteiger partial charge in [-0.25, -0.2) is 0 Å². The van der Waals surface area contributed by atoms with Gasteiger partial charge in [0.05, 0.1) is 6.04 Å². The summed E-state index contributed by atoms with van der Waals surface area (Å²) < 4.78 is 10.5. The summed E-state index contributed by atoms with van der Waals surface area (Å²) >= 11 is 0. The highest BCUT2D eigenvalue weighted by Gasteiger charge is 2.22. The molecular formula is C16H17N3O3. The topological polar surface area (TPSA) is 81.2 Å². The zero-order valence-corrected chi connectivity index (χ0v) is 12.9. The normalized spacial score (nSPS) is 12.5. The molecule has 2 heterocycles. The highest BCUT2D eigenvalue weighted by atomic mass is 16.5. The fourth-order valence-corrected chi connectivity index (χ4v) is 2.59. The summed E-state index contributed by atoms with van der Waals surface area (Å²) in [5, 5.41) is 7.54. The molecule has 0 radical (unpaired) electrons. The second-order valence-corrected chi connectivity index (χ2v) is 5.44. The quantitative estimate of drug-likeness (QED) is 0.803. The van der Waals surface area contributed by atoms with E-state index in [-0.39, 0.29) is 11.9 Å². The standard InChI is InChI=1S/C16H17N3O3/c1-8-5-6-9(2)13-12(8)10(3)14(22-13)16(20)18-11(4)15-17-7-21-19-15/h5-7,11H,1-4H3,(H,18,20). The summed E-state index contributed by atoms with van der Waals surface area (Å²) in [5.41, 5.74) is 3.70. The van der Waals surface area contributed by atoms with Gasteiger partial charge in [0.25, 0.3) is 5.91 Å². The van der Waals surface area contributed by atoms with Crippen LogP contribution in [0.3, 0.4) is 0 Å². The van der Waals surface area contributed by atoms with Gasteiger partial charge in [-0.15, -0.1) is 0 Å². The first-order valence-corrected chi connectivity index (χ1v) is 7.05. The maximum absolute atomic E-state index is 12.5. The van der Waals surface area contributed by atoms with E-state index in [9.17, 15) is 4.79 Å². The SMILES string of the molecule is Cc1ccc(C)c2c(C)c(C(=O)NC(C)c3ncon3)oc12. The number of aromatic nitrogens is 2. The van der Waals surface area contributed by atoms with Crippen LogP contribution < -0.4 is 5.32 Å². The van der Waals surface area contributed by atoms with Crippen molar-refractivity contribution in [2.45, 2.75) is 33.7 Å². The van der Waals surface area contributed by atoms with Gasteiger partial charge in [-0.2, -0.15) is 4.98 Å². The highest BCUT2D eigenvalue weighted by Crippen LogP contribution is 2.30. The third-order valence-electron chi connectivity index (χ3n) is 3.80. The van der Waals surface area contributed by atoms with Crippen LogP contribution in [0.25, 0.3) is 11.0 Å². The number of rotatable bonds is 3. The highest BCUT2D eigenvalue weighted by molar-refractivity contribution is 6.00. The molecule has 6 heteroatoms. The monoisotopic (exact) mass is 299 g/mol. The molecule has 3 rings (SSSR count). The second-order valence-electron chi connectivity index (χ2n) is 5.44. The van der Waals surface area contributed by atoms with E-state index < -0.39 is 0 Å². The molecule has 0 fully saturated rings. The summed E-state index contributed by atoms with van der Waals surface area (Å²) in [5.74, 6) is 0.460. The number of nitrogens with one attached hydrogen (secondary N) is 1. The molecule has 0 saturated carbocycles. The third-order valence-corrected chi connectivity index (χ3v) is 3.80. The summed E-state index contributed by atoms with van der Waals surface area (Å²) in [4.78, 5) is 16.4. The van der Waals surface area contributed by atoms with Crippen molar-refractivity contribution in [3.05, 3.63) is 46.8 Å². The average Bonchev–Trinajstić information content (AvgIpc) is 3.11. The zero-order chi connectivity index (χ0) is 15.9. The van der Waals surface area contributed by atoms with Crippen LogP contribution in [-0.2, 0) is 0 Å². The molecule has 0 saturated heterocycles.